The van der Waals surface area contributed by atoms with E-state index < -0.39 is 0 Å². The van der Waals surface area contributed by atoms with Crippen LogP contribution in [0.3, 0.4) is 0 Å². The maximum atomic E-state index is 5.76. The van der Waals surface area contributed by atoms with E-state index in [-0.39, 0.29) is 6.10 Å². The average Bonchev–Trinajstić information content (AvgIpc) is 2.20. The van der Waals surface area contributed by atoms with Gasteiger partial charge >= 0.3 is 0 Å². The molecule has 1 aliphatic heterocycles. The smallest absolute Gasteiger partial charge is 0.136 e. The lowest BCUT2D eigenvalue weighted by Crippen LogP contribution is -2.07. The van der Waals surface area contributed by atoms with Crippen molar-refractivity contribution in [1.29, 1.82) is 0 Å². The quantitative estimate of drug-likeness (QED) is 0.508. The van der Waals surface area contributed by atoms with E-state index in [2.05, 4.69) is 0 Å². The van der Waals surface area contributed by atoms with Gasteiger partial charge in [0.25, 0.3) is 0 Å². The van der Waals surface area contributed by atoms with E-state index in [1.165, 1.54) is 0 Å². The predicted molar refractivity (Wildman–Crippen MR) is 50.4 cm³/mol. The highest BCUT2D eigenvalue weighted by Crippen LogP contribution is 2.23. The summed E-state index contributed by atoms with van der Waals surface area (Å²) in [7, 11) is 0. The summed E-state index contributed by atoms with van der Waals surface area (Å²) in [5, 5.41) is 0.726. The van der Waals surface area contributed by atoms with Gasteiger partial charge in [-0.3, -0.25) is 0 Å². The van der Waals surface area contributed by atoms with E-state index in [1.54, 1.807) is 0 Å². The zero-order valence-electron chi connectivity index (χ0n) is 6.94. The van der Waals surface area contributed by atoms with Crippen molar-refractivity contribution in [3.8, 4) is 0 Å². The molecule has 0 fully saturated rings. The second kappa shape index (κ2) is 3.92. The molecule has 0 N–H and O–H groups in total. The fourth-order valence-electron chi connectivity index (χ4n) is 1.18. The first-order valence-corrected chi connectivity index (χ1v) is 4.44. The first-order chi connectivity index (χ1) is 6.36. The molecular formula is C10H9ClO2. The molecule has 1 unspecified atom stereocenters. The van der Waals surface area contributed by atoms with E-state index in [0.717, 1.165) is 10.6 Å². The van der Waals surface area contributed by atoms with Crippen LogP contribution in [0.25, 0.3) is 0 Å². The van der Waals surface area contributed by atoms with Gasteiger partial charge in [0, 0.05) is 5.02 Å². The zero-order chi connectivity index (χ0) is 9.10. The fraction of sp³-hybridized carbons (Fsp3) is 0.200. The minimum atomic E-state index is -0.106. The SMILES string of the molecule is Clc1ccc(C2C=CCOO2)cc1. The monoisotopic (exact) mass is 196 g/mol. The lowest BCUT2D eigenvalue weighted by atomic mass is 10.1. The lowest BCUT2D eigenvalue weighted by Gasteiger charge is -2.16. The van der Waals surface area contributed by atoms with Crippen LogP contribution in [0.5, 0.6) is 0 Å². The molecule has 68 valence electrons. The third-order valence-electron chi connectivity index (χ3n) is 1.85. The highest BCUT2D eigenvalue weighted by atomic mass is 35.5. The van der Waals surface area contributed by atoms with Crippen LogP contribution in [-0.2, 0) is 9.78 Å². The third kappa shape index (κ3) is 2.10. The van der Waals surface area contributed by atoms with Crippen molar-refractivity contribution in [3.05, 3.63) is 47.0 Å². The van der Waals surface area contributed by atoms with Gasteiger partial charge < -0.3 is 0 Å². The van der Waals surface area contributed by atoms with Crippen molar-refractivity contribution in [1.82, 2.24) is 0 Å². The minimum Gasteiger partial charge on any atom is -0.232 e. The molecule has 0 radical (unpaired) electrons. The zero-order valence-corrected chi connectivity index (χ0v) is 7.70. The van der Waals surface area contributed by atoms with Gasteiger partial charge in [0.1, 0.15) is 12.7 Å². The molecule has 0 aromatic heterocycles. The van der Waals surface area contributed by atoms with Crippen molar-refractivity contribution in [2.75, 3.05) is 6.61 Å². The minimum absolute atomic E-state index is 0.106. The molecule has 0 spiro atoms. The Kier molecular flexibility index (Phi) is 2.64. The van der Waals surface area contributed by atoms with E-state index in [1.807, 2.05) is 36.4 Å². The molecule has 1 atom stereocenters. The summed E-state index contributed by atoms with van der Waals surface area (Å²) < 4.78 is 0. The average molecular weight is 197 g/mol. The van der Waals surface area contributed by atoms with Crippen LogP contribution in [0, 0.1) is 0 Å². The van der Waals surface area contributed by atoms with Crippen LogP contribution in [0.15, 0.2) is 36.4 Å². The predicted octanol–water partition coefficient (Wildman–Crippen LogP) is 2.90. The molecule has 13 heavy (non-hydrogen) atoms. The highest BCUT2D eigenvalue weighted by molar-refractivity contribution is 6.30. The van der Waals surface area contributed by atoms with E-state index in [9.17, 15) is 0 Å². The Balaban J connectivity index is 2.19. The maximum Gasteiger partial charge on any atom is 0.136 e. The number of benzene rings is 1. The summed E-state index contributed by atoms with van der Waals surface area (Å²) in [6, 6.07) is 7.52. The van der Waals surface area contributed by atoms with Crippen molar-refractivity contribution >= 4 is 11.6 Å². The molecule has 3 heteroatoms. The molecule has 1 aliphatic rings. The van der Waals surface area contributed by atoms with Gasteiger partial charge in [-0.15, -0.1) is 0 Å². The van der Waals surface area contributed by atoms with Crippen molar-refractivity contribution in [2.45, 2.75) is 6.10 Å². The molecule has 2 rings (SSSR count). The summed E-state index contributed by atoms with van der Waals surface area (Å²) in [6.45, 7) is 0.518. The topological polar surface area (TPSA) is 18.5 Å². The van der Waals surface area contributed by atoms with Crippen molar-refractivity contribution < 1.29 is 9.78 Å². The summed E-state index contributed by atoms with van der Waals surface area (Å²) in [4.78, 5) is 9.92. The molecule has 0 saturated heterocycles. The van der Waals surface area contributed by atoms with E-state index in [0.29, 0.717) is 6.61 Å². The summed E-state index contributed by atoms with van der Waals surface area (Å²) >= 11 is 5.76. The Morgan fingerprint density at radius 1 is 1.23 bits per heavy atom. The van der Waals surface area contributed by atoms with Crippen molar-refractivity contribution in [3.63, 3.8) is 0 Å². The third-order valence-corrected chi connectivity index (χ3v) is 2.10. The number of hydrogen-bond acceptors (Lipinski definition) is 2. The Labute approximate surface area is 81.7 Å². The molecule has 1 aromatic carbocycles. The summed E-state index contributed by atoms with van der Waals surface area (Å²) in [5.41, 5.74) is 1.04. The van der Waals surface area contributed by atoms with Crippen LogP contribution < -0.4 is 0 Å². The largest absolute Gasteiger partial charge is 0.232 e. The number of hydrogen-bond donors (Lipinski definition) is 0. The molecule has 0 amide bonds. The second-order valence-corrected chi connectivity index (χ2v) is 3.22. The van der Waals surface area contributed by atoms with Crippen molar-refractivity contribution in [2.24, 2.45) is 0 Å². The second-order valence-electron chi connectivity index (χ2n) is 2.78. The molecule has 0 bridgehead atoms. The standard InChI is InChI=1S/C10H9ClO2/c11-9-5-3-8(4-6-9)10-2-1-7-12-13-10/h1-6,10H,7H2. The first-order valence-electron chi connectivity index (χ1n) is 4.06. The fourth-order valence-corrected chi connectivity index (χ4v) is 1.31. The molecule has 0 saturated carbocycles. The van der Waals surface area contributed by atoms with Gasteiger partial charge in [0.2, 0.25) is 0 Å². The van der Waals surface area contributed by atoms with Gasteiger partial charge in [-0.1, -0.05) is 29.8 Å². The van der Waals surface area contributed by atoms with E-state index >= 15 is 0 Å². The Bertz CT molecular complexity index is 305. The maximum absolute atomic E-state index is 5.76. The van der Waals surface area contributed by atoms with E-state index in [4.69, 9.17) is 21.4 Å². The highest BCUT2D eigenvalue weighted by Gasteiger charge is 2.11. The molecular weight excluding hydrogens is 188 g/mol. The van der Waals surface area contributed by atoms with Gasteiger partial charge in [0.15, 0.2) is 0 Å². The van der Waals surface area contributed by atoms with Crippen LogP contribution in [-0.4, -0.2) is 6.61 Å². The molecule has 1 heterocycles. The normalized spacial score (nSPS) is 21.8. The van der Waals surface area contributed by atoms with Crippen LogP contribution in [0.4, 0.5) is 0 Å². The Morgan fingerprint density at radius 3 is 2.62 bits per heavy atom. The molecule has 0 aliphatic carbocycles. The first kappa shape index (κ1) is 8.75. The molecule has 2 nitrogen and oxygen atoms in total. The van der Waals surface area contributed by atoms with Gasteiger partial charge in [-0.05, 0) is 23.8 Å². The Morgan fingerprint density at radius 2 is 2.00 bits per heavy atom. The Hall–Kier alpha value is -0.830. The van der Waals surface area contributed by atoms with Gasteiger partial charge in [-0.25, -0.2) is 9.78 Å². The lowest BCUT2D eigenvalue weighted by molar-refractivity contribution is -0.315. The van der Waals surface area contributed by atoms with Gasteiger partial charge in [-0.2, -0.15) is 0 Å². The number of halogens is 1. The molecule has 1 aromatic rings. The van der Waals surface area contributed by atoms with Crippen LogP contribution in [0.2, 0.25) is 5.02 Å². The summed E-state index contributed by atoms with van der Waals surface area (Å²) in [6.07, 6.45) is 3.79. The van der Waals surface area contributed by atoms with Crippen LogP contribution >= 0.6 is 11.6 Å². The number of rotatable bonds is 1. The summed E-state index contributed by atoms with van der Waals surface area (Å²) in [5.74, 6) is 0. The van der Waals surface area contributed by atoms with Crippen LogP contribution in [0.1, 0.15) is 11.7 Å². The van der Waals surface area contributed by atoms with Gasteiger partial charge in [0.05, 0.1) is 0 Å².